The van der Waals surface area contributed by atoms with E-state index in [0.29, 0.717) is 6.54 Å². The minimum atomic E-state index is -0.0413. The summed E-state index contributed by atoms with van der Waals surface area (Å²) in [6, 6.07) is 16.2. The van der Waals surface area contributed by atoms with Crippen LogP contribution in [0.5, 0.6) is 0 Å². The number of benzene rings is 2. The molecule has 4 rings (SSSR count). The molecule has 110 valence electrons. The molecule has 1 aromatic heterocycles. The second-order valence-corrected chi connectivity index (χ2v) is 5.65. The molecule has 0 atom stereocenters. The molecule has 22 heavy (non-hydrogen) atoms. The highest BCUT2D eigenvalue weighted by atomic mass is 16.2. The number of nitrogens with zero attached hydrogens (tertiary/aromatic N) is 1. The Morgan fingerprint density at radius 3 is 2.86 bits per heavy atom. The van der Waals surface area contributed by atoms with Crippen molar-refractivity contribution < 1.29 is 4.79 Å². The van der Waals surface area contributed by atoms with Crippen LogP contribution in [0, 0.1) is 0 Å². The Labute approximate surface area is 128 Å². The number of aromatic nitrogens is 1. The van der Waals surface area contributed by atoms with Gasteiger partial charge < -0.3 is 15.2 Å². The first-order chi connectivity index (χ1) is 10.8. The molecule has 2 heterocycles. The van der Waals surface area contributed by atoms with Crippen LogP contribution in [0.15, 0.2) is 54.7 Å². The van der Waals surface area contributed by atoms with Gasteiger partial charge in [0.1, 0.15) is 0 Å². The highest BCUT2D eigenvalue weighted by Crippen LogP contribution is 2.21. The molecule has 0 radical (unpaired) electrons. The van der Waals surface area contributed by atoms with Gasteiger partial charge in [-0.2, -0.15) is 0 Å². The Morgan fingerprint density at radius 1 is 1.09 bits per heavy atom. The first-order valence-corrected chi connectivity index (χ1v) is 7.49. The third-order valence-electron chi connectivity index (χ3n) is 4.22. The number of anilines is 1. The summed E-state index contributed by atoms with van der Waals surface area (Å²) in [5, 5.41) is 4.13. The van der Waals surface area contributed by atoms with Crippen molar-refractivity contribution in [2.75, 3.05) is 11.9 Å². The van der Waals surface area contributed by atoms with Gasteiger partial charge in [0.05, 0.1) is 0 Å². The fourth-order valence-electron chi connectivity index (χ4n) is 3.00. The van der Waals surface area contributed by atoms with E-state index in [1.54, 1.807) is 0 Å². The fourth-order valence-corrected chi connectivity index (χ4v) is 3.00. The van der Waals surface area contributed by atoms with Crippen molar-refractivity contribution in [2.45, 2.75) is 13.0 Å². The van der Waals surface area contributed by atoms with Crippen molar-refractivity contribution in [3.05, 3.63) is 65.9 Å². The van der Waals surface area contributed by atoms with E-state index >= 15 is 0 Å². The van der Waals surface area contributed by atoms with E-state index in [1.165, 1.54) is 11.1 Å². The van der Waals surface area contributed by atoms with Crippen molar-refractivity contribution in [3.8, 4) is 0 Å². The summed E-state index contributed by atoms with van der Waals surface area (Å²) >= 11 is 0. The summed E-state index contributed by atoms with van der Waals surface area (Å²) in [6.45, 7) is 1.43. The molecule has 0 unspecified atom stereocenters. The van der Waals surface area contributed by atoms with Gasteiger partial charge in [-0.3, -0.25) is 0 Å². The van der Waals surface area contributed by atoms with Gasteiger partial charge in [-0.05, 0) is 41.1 Å². The van der Waals surface area contributed by atoms with E-state index < -0.39 is 0 Å². The molecule has 0 bridgehead atoms. The molecule has 2 aromatic carbocycles. The molecule has 0 aliphatic carbocycles. The van der Waals surface area contributed by atoms with Crippen LogP contribution < -0.4 is 5.32 Å². The van der Waals surface area contributed by atoms with Gasteiger partial charge in [0.2, 0.25) is 0 Å². The van der Waals surface area contributed by atoms with Gasteiger partial charge in [0.25, 0.3) is 0 Å². The summed E-state index contributed by atoms with van der Waals surface area (Å²) in [5.74, 6) is 0. The molecular weight excluding hydrogens is 274 g/mol. The monoisotopic (exact) mass is 291 g/mol. The fraction of sp³-hybridized carbons (Fsp3) is 0.167. The second-order valence-electron chi connectivity index (χ2n) is 5.65. The SMILES string of the molecule is O=C(Nc1ccc2cc[nH]c2c1)N1CCc2ccccc2C1. The van der Waals surface area contributed by atoms with Gasteiger partial charge >= 0.3 is 6.03 Å². The van der Waals surface area contributed by atoms with Crippen molar-refractivity contribution in [1.29, 1.82) is 0 Å². The van der Waals surface area contributed by atoms with E-state index in [4.69, 9.17) is 0 Å². The lowest BCUT2D eigenvalue weighted by Crippen LogP contribution is -2.38. The number of carbonyl (C=O) groups excluding carboxylic acids is 1. The predicted molar refractivity (Wildman–Crippen MR) is 87.9 cm³/mol. The van der Waals surface area contributed by atoms with Crippen molar-refractivity contribution in [3.63, 3.8) is 0 Å². The standard InChI is InChI=1S/C18H17N3O/c22-18(20-16-6-5-14-7-9-19-17(14)11-16)21-10-8-13-3-1-2-4-15(13)12-21/h1-7,9,11,19H,8,10,12H2,(H,20,22). The smallest absolute Gasteiger partial charge is 0.322 e. The molecule has 0 saturated heterocycles. The highest BCUT2D eigenvalue weighted by Gasteiger charge is 2.20. The minimum absolute atomic E-state index is 0.0413. The second kappa shape index (κ2) is 5.22. The highest BCUT2D eigenvalue weighted by molar-refractivity contribution is 5.92. The summed E-state index contributed by atoms with van der Waals surface area (Å²) in [5.41, 5.74) is 4.43. The Balaban J connectivity index is 1.50. The first kappa shape index (κ1) is 13.0. The number of aromatic amines is 1. The van der Waals surface area contributed by atoms with Crippen LogP contribution in [0.25, 0.3) is 10.9 Å². The van der Waals surface area contributed by atoms with Crippen LogP contribution in [0.1, 0.15) is 11.1 Å². The number of carbonyl (C=O) groups is 1. The maximum atomic E-state index is 12.5. The van der Waals surface area contributed by atoms with E-state index in [-0.39, 0.29) is 6.03 Å². The lowest BCUT2D eigenvalue weighted by atomic mass is 10.0. The molecular formula is C18H17N3O. The number of hydrogen-bond donors (Lipinski definition) is 2. The molecule has 1 aliphatic rings. The molecule has 0 saturated carbocycles. The van der Waals surface area contributed by atoms with Crippen LogP contribution in [0.2, 0.25) is 0 Å². The molecule has 0 spiro atoms. The number of urea groups is 1. The minimum Gasteiger partial charge on any atom is -0.361 e. The average molecular weight is 291 g/mol. The molecule has 4 heteroatoms. The first-order valence-electron chi connectivity index (χ1n) is 7.49. The molecule has 2 N–H and O–H groups in total. The third-order valence-corrected chi connectivity index (χ3v) is 4.22. The summed E-state index contributed by atoms with van der Waals surface area (Å²) in [4.78, 5) is 17.5. The third kappa shape index (κ3) is 2.33. The molecule has 4 nitrogen and oxygen atoms in total. The van der Waals surface area contributed by atoms with Crippen molar-refractivity contribution in [2.24, 2.45) is 0 Å². The van der Waals surface area contributed by atoms with Gasteiger partial charge in [0, 0.05) is 30.5 Å². The van der Waals surface area contributed by atoms with E-state index in [1.807, 2.05) is 41.4 Å². The van der Waals surface area contributed by atoms with Crippen molar-refractivity contribution in [1.82, 2.24) is 9.88 Å². The van der Waals surface area contributed by atoms with Crippen molar-refractivity contribution >= 4 is 22.6 Å². The molecule has 3 aromatic rings. The summed E-state index contributed by atoms with van der Waals surface area (Å²) < 4.78 is 0. The number of amides is 2. The Bertz CT molecular complexity index is 837. The quantitative estimate of drug-likeness (QED) is 0.704. The summed E-state index contributed by atoms with van der Waals surface area (Å²) in [7, 11) is 0. The Hall–Kier alpha value is -2.75. The van der Waals surface area contributed by atoms with Crippen LogP contribution in [0.3, 0.4) is 0 Å². The number of fused-ring (bicyclic) bond motifs is 2. The molecule has 1 aliphatic heterocycles. The topological polar surface area (TPSA) is 48.1 Å². The van der Waals surface area contributed by atoms with Gasteiger partial charge in [-0.25, -0.2) is 4.79 Å². The zero-order valence-corrected chi connectivity index (χ0v) is 12.2. The number of nitrogens with one attached hydrogen (secondary N) is 2. The normalized spacial score (nSPS) is 13.9. The molecule has 0 fully saturated rings. The van der Waals surface area contributed by atoms with Crippen LogP contribution in [0.4, 0.5) is 10.5 Å². The van der Waals surface area contributed by atoms with E-state index in [0.717, 1.165) is 29.6 Å². The number of hydrogen-bond acceptors (Lipinski definition) is 1. The zero-order chi connectivity index (χ0) is 14.9. The van der Waals surface area contributed by atoms with Gasteiger partial charge in [-0.15, -0.1) is 0 Å². The maximum Gasteiger partial charge on any atom is 0.322 e. The van der Waals surface area contributed by atoms with Gasteiger partial charge in [-0.1, -0.05) is 30.3 Å². The number of H-pyrrole nitrogens is 1. The largest absolute Gasteiger partial charge is 0.361 e. The number of rotatable bonds is 1. The average Bonchev–Trinajstić information content (AvgIpc) is 3.02. The van der Waals surface area contributed by atoms with Crippen LogP contribution in [-0.2, 0) is 13.0 Å². The summed E-state index contributed by atoms with van der Waals surface area (Å²) in [6.07, 6.45) is 2.82. The van der Waals surface area contributed by atoms with E-state index in [9.17, 15) is 4.79 Å². The van der Waals surface area contributed by atoms with Crippen LogP contribution >= 0.6 is 0 Å². The van der Waals surface area contributed by atoms with Crippen LogP contribution in [-0.4, -0.2) is 22.5 Å². The maximum absolute atomic E-state index is 12.5. The zero-order valence-electron chi connectivity index (χ0n) is 12.2. The van der Waals surface area contributed by atoms with Gasteiger partial charge in [0.15, 0.2) is 0 Å². The predicted octanol–water partition coefficient (Wildman–Crippen LogP) is 3.76. The lowest BCUT2D eigenvalue weighted by Gasteiger charge is -2.29. The van der Waals surface area contributed by atoms with E-state index in [2.05, 4.69) is 28.5 Å². The molecule has 2 amide bonds. The Morgan fingerprint density at radius 2 is 1.95 bits per heavy atom. The Kier molecular flexibility index (Phi) is 3.07. The lowest BCUT2D eigenvalue weighted by molar-refractivity contribution is 0.206.